The summed E-state index contributed by atoms with van der Waals surface area (Å²) in [5, 5.41) is 4.16. The molecule has 0 saturated heterocycles. The Kier molecular flexibility index (Phi) is 5.05. The summed E-state index contributed by atoms with van der Waals surface area (Å²) in [4.78, 5) is 10.4. The first-order chi connectivity index (χ1) is 9.51. The fourth-order valence-electron chi connectivity index (χ4n) is 1.76. The maximum absolute atomic E-state index is 4.70. The fraction of sp³-hybridized carbons (Fsp3) is 0.333. The van der Waals surface area contributed by atoms with Crippen LogP contribution < -0.4 is 5.32 Å². The first kappa shape index (κ1) is 15.3. The van der Waals surface area contributed by atoms with Crippen LogP contribution in [0.2, 0.25) is 0 Å². The average molecular weight is 352 g/mol. The molecule has 0 bridgehead atoms. The SMILES string of the molecule is CNc1nc(C(C)C)nc(Sc2cccc(Br)c2)c1C. The average Bonchev–Trinajstić information content (AvgIpc) is 2.41. The van der Waals surface area contributed by atoms with Crippen LogP contribution in [0.4, 0.5) is 5.82 Å². The molecule has 0 aliphatic rings. The minimum absolute atomic E-state index is 0.310. The van der Waals surface area contributed by atoms with Crippen molar-refractivity contribution in [2.75, 3.05) is 12.4 Å². The van der Waals surface area contributed by atoms with Crippen LogP contribution in [0.3, 0.4) is 0 Å². The summed E-state index contributed by atoms with van der Waals surface area (Å²) in [6, 6.07) is 8.24. The smallest absolute Gasteiger partial charge is 0.134 e. The van der Waals surface area contributed by atoms with E-state index >= 15 is 0 Å². The molecule has 2 rings (SSSR count). The Balaban J connectivity index is 2.42. The normalized spacial score (nSPS) is 10.9. The molecule has 0 aliphatic carbocycles. The maximum atomic E-state index is 4.70. The van der Waals surface area contributed by atoms with Crippen molar-refractivity contribution in [2.45, 2.75) is 36.6 Å². The molecule has 0 unspecified atom stereocenters. The van der Waals surface area contributed by atoms with Gasteiger partial charge in [0.1, 0.15) is 16.7 Å². The molecule has 106 valence electrons. The number of hydrogen-bond acceptors (Lipinski definition) is 4. The number of aromatic nitrogens is 2. The van der Waals surface area contributed by atoms with Crippen molar-refractivity contribution in [1.82, 2.24) is 9.97 Å². The van der Waals surface area contributed by atoms with Crippen LogP contribution in [0.1, 0.15) is 31.2 Å². The van der Waals surface area contributed by atoms with Gasteiger partial charge in [0.15, 0.2) is 0 Å². The second-order valence-electron chi connectivity index (χ2n) is 4.82. The van der Waals surface area contributed by atoms with E-state index < -0.39 is 0 Å². The van der Waals surface area contributed by atoms with Gasteiger partial charge in [0.25, 0.3) is 0 Å². The van der Waals surface area contributed by atoms with Crippen molar-refractivity contribution in [3.63, 3.8) is 0 Å². The zero-order valence-electron chi connectivity index (χ0n) is 12.1. The molecule has 1 N–H and O–H groups in total. The van der Waals surface area contributed by atoms with Crippen LogP contribution >= 0.6 is 27.7 Å². The van der Waals surface area contributed by atoms with Gasteiger partial charge in [0.05, 0.1) is 0 Å². The Labute approximate surface area is 132 Å². The number of benzene rings is 1. The highest BCUT2D eigenvalue weighted by Crippen LogP contribution is 2.33. The van der Waals surface area contributed by atoms with E-state index in [4.69, 9.17) is 4.98 Å². The molecular weight excluding hydrogens is 334 g/mol. The van der Waals surface area contributed by atoms with Crippen LogP contribution in [0.15, 0.2) is 38.7 Å². The van der Waals surface area contributed by atoms with Crippen molar-refractivity contribution >= 4 is 33.5 Å². The standard InChI is InChI=1S/C15H18BrN3S/c1-9(2)13-18-14(17-4)10(3)15(19-13)20-12-7-5-6-11(16)8-12/h5-9H,1-4H3,(H,17,18,19). The van der Waals surface area contributed by atoms with Gasteiger partial charge in [-0.15, -0.1) is 0 Å². The van der Waals surface area contributed by atoms with E-state index in [0.717, 1.165) is 31.6 Å². The molecule has 0 atom stereocenters. The van der Waals surface area contributed by atoms with Crippen LogP contribution in [-0.2, 0) is 0 Å². The number of halogens is 1. The molecule has 1 heterocycles. The minimum Gasteiger partial charge on any atom is -0.373 e. The van der Waals surface area contributed by atoms with Crippen molar-refractivity contribution < 1.29 is 0 Å². The van der Waals surface area contributed by atoms with Gasteiger partial charge >= 0.3 is 0 Å². The molecule has 0 aliphatic heterocycles. The van der Waals surface area contributed by atoms with Gasteiger partial charge in [-0.2, -0.15) is 0 Å². The van der Waals surface area contributed by atoms with Crippen molar-refractivity contribution in [2.24, 2.45) is 0 Å². The molecular formula is C15H18BrN3S. The van der Waals surface area contributed by atoms with Crippen LogP contribution in [0.25, 0.3) is 0 Å². The predicted molar refractivity (Wildman–Crippen MR) is 88.7 cm³/mol. The summed E-state index contributed by atoms with van der Waals surface area (Å²) in [6.07, 6.45) is 0. The third-order valence-electron chi connectivity index (χ3n) is 2.88. The lowest BCUT2D eigenvalue weighted by Crippen LogP contribution is -2.06. The Morgan fingerprint density at radius 3 is 2.60 bits per heavy atom. The van der Waals surface area contributed by atoms with Gasteiger partial charge in [-0.1, -0.05) is 47.6 Å². The first-order valence-corrected chi connectivity index (χ1v) is 8.12. The van der Waals surface area contributed by atoms with Crippen LogP contribution in [0, 0.1) is 6.92 Å². The van der Waals surface area contributed by atoms with Crippen LogP contribution in [0.5, 0.6) is 0 Å². The topological polar surface area (TPSA) is 37.8 Å². The lowest BCUT2D eigenvalue weighted by molar-refractivity contribution is 0.750. The van der Waals surface area contributed by atoms with Gasteiger partial charge < -0.3 is 5.32 Å². The molecule has 20 heavy (non-hydrogen) atoms. The highest BCUT2D eigenvalue weighted by atomic mass is 79.9. The van der Waals surface area contributed by atoms with E-state index in [1.807, 2.05) is 19.2 Å². The summed E-state index contributed by atoms with van der Waals surface area (Å²) < 4.78 is 1.08. The Morgan fingerprint density at radius 1 is 1.25 bits per heavy atom. The molecule has 1 aromatic carbocycles. The van der Waals surface area contributed by atoms with E-state index in [-0.39, 0.29) is 0 Å². The van der Waals surface area contributed by atoms with E-state index in [1.54, 1.807) is 11.8 Å². The monoisotopic (exact) mass is 351 g/mol. The number of nitrogens with one attached hydrogen (secondary N) is 1. The van der Waals surface area contributed by atoms with E-state index in [9.17, 15) is 0 Å². The van der Waals surface area contributed by atoms with Gasteiger partial charge in [-0.25, -0.2) is 9.97 Å². The summed E-state index contributed by atoms with van der Waals surface area (Å²) >= 11 is 5.17. The van der Waals surface area contributed by atoms with Crippen molar-refractivity contribution in [1.29, 1.82) is 0 Å². The second-order valence-corrected chi connectivity index (χ2v) is 6.80. The Morgan fingerprint density at radius 2 is 2.00 bits per heavy atom. The molecule has 5 heteroatoms. The molecule has 0 amide bonds. The van der Waals surface area contributed by atoms with Crippen molar-refractivity contribution in [3.8, 4) is 0 Å². The number of rotatable bonds is 4. The number of anilines is 1. The zero-order valence-corrected chi connectivity index (χ0v) is 14.5. The van der Waals surface area contributed by atoms with Gasteiger partial charge in [0, 0.05) is 27.9 Å². The van der Waals surface area contributed by atoms with E-state index in [1.165, 1.54) is 0 Å². The molecule has 0 saturated carbocycles. The third-order valence-corrected chi connectivity index (χ3v) is 4.46. The minimum atomic E-state index is 0.310. The summed E-state index contributed by atoms with van der Waals surface area (Å²) in [7, 11) is 1.90. The summed E-state index contributed by atoms with van der Waals surface area (Å²) in [6.45, 7) is 6.27. The second kappa shape index (κ2) is 6.59. The number of hydrogen-bond donors (Lipinski definition) is 1. The first-order valence-electron chi connectivity index (χ1n) is 6.51. The van der Waals surface area contributed by atoms with Gasteiger partial charge in [-0.05, 0) is 25.1 Å². The Bertz CT molecular complexity index is 614. The summed E-state index contributed by atoms with van der Waals surface area (Å²) in [5.41, 5.74) is 1.09. The molecule has 0 spiro atoms. The maximum Gasteiger partial charge on any atom is 0.134 e. The highest BCUT2D eigenvalue weighted by Gasteiger charge is 2.13. The van der Waals surface area contributed by atoms with Gasteiger partial charge in [-0.3, -0.25) is 0 Å². The lowest BCUT2D eigenvalue weighted by atomic mass is 10.2. The van der Waals surface area contributed by atoms with Crippen LogP contribution in [-0.4, -0.2) is 17.0 Å². The third kappa shape index (κ3) is 3.52. The molecule has 0 fully saturated rings. The molecule has 1 aromatic heterocycles. The number of nitrogens with zero attached hydrogens (tertiary/aromatic N) is 2. The predicted octanol–water partition coefficient (Wildman–Crippen LogP) is 4.86. The molecule has 3 nitrogen and oxygen atoms in total. The summed E-state index contributed by atoms with van der Waals surface area (Å²) in [5.74, 6) is 2.09. The van der Waals surface area contributed by atoms with Crippen molar-refractivity contribution in [3.05, 3.63) is 40.1 Å². The Hall–Kier alpha value is -1.07. The molecule has 2 aromatic rings. The fourth-order valence-corrected chi connectivity index (χ4v) is 3.25. The van der Waals surface area contributed by atoms with E-state index in [2.05, 4.69) is 59.1 Å². The largest absolute Gasteiger partial charge is 0.373 e. The van der Waals surface area contributed by atoms with E-state index in [0.29, 0.717) is 5.92 Å². The lowest BCUT2D eigenvalue weighted by Gasteiger charge is -2.13. The quantitative estimate of drug-likeness (QED) is 0.797. The zero-order chi connectivity index (χ0) is 14.7. The van der Waals surface area contributed by atoms with Gasteiger partial charge in [0.2, 0.25) is 0 Å². The highest BCUT2D eigenvalue weighted by molar-refractivity contribution is 9.10. The molecule has 0 radical (unpaired) electrons.